The first-order valence-corrected chi connectivity index (χ1v) is 18.2. The Balaban J connectivity index is 1.14. The van der Waals surface area contributed by atoms with Crippen LogP contribution in [0.25, 0.3) is 0 Å². The molecule has 0 spiro atoms. The molecule has 4 aliphatic rings. The van der Waals surface area contributed by atoms with E-state index >= 15 is 0 Å². The number of methoxy groups -OCH3 is 1. The topological polar surface area (TPSA) is 131 Å². The quantitative estimate of drug-likeness (QED) is 0.213. The molecule has 1 N–H and O–H groups in total. The van der Waals surface area contributed by atoms with Gasteiger partial charge in [0.1, 0.15) is 42.7 Å². The molecule has 4 heterocycles. The Bertz CT molecular complexity index is 1850. The lowest BCUT2D eigenvalue weighted by Crippen LogP contribution is -2.70. The van der Waals surface area contributed by atoms with Crippen LogP contribution in [0, 0.1) is 0 Å². The minimum Gasteiger partial charge on any atom is -0.387 e. The molecule has 3 saturated heterocycles. The van der Waals surface area contributed by atoms with Gasteiger partial charge in [-0.25, -0.2) is 0 Å². The number of rotatable bonds is 11. The maximum Gasteiger partial charge on any atom is 0.262 e. The Kier molecular flexibility index (Phi) is 11.0. The van der Waals surface area contributed by atoms with Crippen LogP contribution < -0.4 is 0 Å². The van der Waals surface area contributed by atoms with Crippen LogP contribution in [-0.4, -0.2) is 96.9 Å². The standard InChI is InChI=1S/C42H43NO11/c1-25-34(48-22-26-14-6-3-7-15-26)33(44)37(49-23-27-16-8-4-9-17-27)42(51-25)54-36-32(43-38(45)29-20-12-13-21-30(29)39(43)46)41(47-2)52-31-24-50-40(53-35(31)36)28-18-10-5-11-19-28/h3-21,25,31-37,40-42,44H,22-24H2,1-2H3/t25-,31+,32+,33+,34-,35+,36+,37+,40+,41+,42-/m0/s1. The first-order valence-electron chi connectivity index (χ1n) is 18.2. The molecule has 8 rings (SSSR count). The van der Waals surface area contributed by atoms with E-state index in [-0.39, 0.29) is 30.9 Å². The van der Waals surface area contributed by atoms with Crippen LogP contribution in [0.1, 0.15) is 50.6 Å². The van der Waals surface area contributed by atoms with Crippen LogP contribution >= 0.6 is 0 Å². The van der Waals surface area contributed by atoms with E-state index in [9.17, 15) is 14.7 Å². The van der Waals surface area contributed by atoms with Gasteiger partial charge in [0, 0.05) is 12.7 Å². The molecule has 4 aromatic carbocycles. The number of hydrogen-bond acceptors (Lipinski definition) is 11. The summed E-state index contributed by atoms with van der Waals surface area (Å²) in [6, 6.07) is 34.1. The number of amides is 2. The van der Waals surface area contributed by atoms with E-state index in [1.165, 1.54) is 7.11 Å². The van der Waals surface area contributed by atoms with Crippen molar-refractivity contribution in [3.8, 4) is 0 Å². The van der Waals surface area contributed by atoms with Gasteiger partial charge in [0.05, 0.1) is 37.1 Å². The van der Waals surface area contributed by atoms with Crippen molar-refractivity contribution < 1.29 is 52.6 Å². The molecule has 3 fully saturated rings. The fourth-order valence-electron chi connectivity index (χ4n) is 7.64. The number of aliphatic hydroxyl groups is 1. The Hall–Kier alpha value is -4.34. The van der Waals surface area contributed by atoms with Crippen LogP contribution in [0.4, 0.5) is 0 Å². The summed E-state index contributed by atoms with van der Waals surface area (Å²) < 4.78 is 51.2. The Morgan fingerprint density at radius 1 is 0.685 bits per heavy atom. The lowest BCUT2D eigenvalue weighted by molar-refractivity contribution is -0.382. The van der Waals surface area contributed by atoms with Gasteiger partial charge in [-0.1, -0.05) is 103 Å². The summed E-state index contributed by atoms with van der Waals surface area (Å²) in [6.45, 7) is 2.27. The van der Waals surface area contributed by atoms with Crippen LogP contribution in [0.15, 0.2) is 115 Å². The van der Waals surface area contributed by atoms with Crippen molar-refractivity contribution in [1.82, 2.24) is 4.90 Å². The van der Waals surface area contributed by atoms with Crippen LogP contribution in [0.3, 0.4) is 0 Å². The highest BCUT2D eigenvalue weighted by Gasteiger charge is 2.59. The van der Waals surface area contributed by atoms with Crippen LogP contribution in [-0.2, 0) is 51.1 Å². The Labute approximate surface area is 313 Å². The fraction of sp³-hybridized carbons (Fsp3) is 0.381. The highest BCUT2D eigenvalue weighted by Crippen LogP contribution is 2.41. The summed E-state index contributed by atoms with van der Waals surface area (Å²) in [5.41, 5.74) is 3.09. The molecule has 54 heavy (non-hydrogen) atoms. The normalized spacial score (nSPS) is 32.3. The van der Waals surface area contributed by atoms with Crippen molar-refractivity contribution in [2.45, 2.75) is 87.8 Å². The van der Waals surface area contributed by atoms with Gasteiger partial charge in [0.2, 0.25) is 0 Å². The number of imide groups is 1. The molecule has 0 unspecified atom stereocenters. The third-order valence-electron chi connectivity index (χ3n) is 10.3. The summed E-state index contributed by atoms with van der Waals surface area (Å²) in [7, 11) is 1.44. The molecule has 0 radical (unpaired) electrons. The van der Waals surface area contributed by atoms with E-state index in [1.54, 1.807) is 31.2 Å². The molecule has 4 aliphatic heterocycles. The number of carbonyl (C=O) groups is 2. The van der Waals surface area contributed by atoms with E-state index in [0.29, 0.717) is 0 Å². The highest BCUT2D eigenvalue weighted by molar-refractivity contribution is 6.21. The fourth-order valence-corrected chi connectivity index (χ4v) is 7.64. The maximum absolute atomic E-state index is 14.1. The summed E-state index contributed by atoms with van der Waals surface area (Å²) in [6.07, 6.45) is -9.57. The average Bonchev–Trinajstić information content (AvgIpc) is 3.46. The monoisotopic (exact) mass is 737 g/mol. The predicted molar refractivity (Wildman–Crippen MR) is 192 cm³/mol. The SMILES string of the molecule is CO[C@@H]1O[C@@H]2CO[C@@H](c3ccccc3)O[C@H]2[C@H](O[C@@H]2O[C@@H](C)[C@H](OCc3ccccc3)[C@@H](O)[C@H]2OCc2ccccc2)[C@H]1N1C(=O)c2ccccc2C1=O. The van der Waals surface area contributed by atoms with Crippen molar-refractivity contribution in [2.75, 3.05) is 13.7 Å². The first-order chi connectivity index (χ1) is 26.4. The Morgan fingerprint density at radius 3 is 1.83 bits per heavy atom. The molecule has 0 saturated carbocycles. The number of benzene rings is 4. The zero-order chi connectivity index (χ0) is 37.2. The highest BCUT2D eigenvalue weighted by atomic mass is 16.8. The molecule has 11 atom stereocenters. The third-order valence-corrected chi connectivity index (χ3v) is 10.3. The maximum atomic E-state index is 14.1. The number of ether oxygens (including phenoxy) is 8. The summed E-state index contributed by atoms with van der Waals surface area (Å²) in [4.78, 5) is 29.3. The van der Waals surface area contributed by atoms with E-state index < -0.39 is 79.5 Å². The average molecular weight is 738 g/mol. The van der Waals surface area contributed by atoms with Gasteiger partial charge in [-0.2, -0.15) is 0 Å². The van der Waals surface area contributed by atoms with Gasteiger partial charge in [0.25, 0.3) is 11.8 Å². The second-order valence-electron chi connectivity index (χ2n) is 13.8. The molecule has 0 aromatic heterocycles. The van der Waals surface area contributed by atoms with E-state index in [0.717, 1.165) is 21.6 Å². The molecule has 12 nitrogen and oxygen atoms in total. The van der Waals surface area contributed by atoms with Gasteiger partial charge < -0.3 is 43.0 Å². The zero-order valence-corrected chi connectivity index (χ0v) is 29.9. The second-order valence-corrected chi connectivity index (χ2v) is 13.8. The number of aliphatic hydroxyl groups excluding tert-OH is 1. The second kappa shape index (κ2) is 16.2. The molecular weight excluding hydrogens is 694 g/mol. The first kappa shape index (κ1) is 36.6. The number of carbonyl (C=O) groups excluding carboxylic acids is 2. The van der Waals surface area contributed by atoms with Crippen molar-refractivity contribution in [3.05, 3.63) is 143 Å². The third kappa shape index (κ3) is 7.25. The van der Waals surface area contributed by atoms with Crippen molar-refractivity contribution in [3.63, 3.8) is 0 Å². The van der Waals surface area contributed by atoms with E-state index in [4.69, 9.17) is 37.9 Å². The summed E-state index contributed by atoms with van der Waals surface area (Å²) >= 11 is 0. The van der Waals surface area contributed by atoms with E-state index in [1.807, 2.05) is 91.0 Å². The van der Waals surface area contributed by atoms with Gasteiger partial charge >= 0.3 is 0 Å². The van der Waals surface area contributed by atoms with Gasteiger partial charge in [-0.15, -0.1) is 0 Å². The van der Waals surface area contributed by atoms with Crippen molar-refractivity contribution in [2.24, 2.45) is 0 Å². The summed E-state index contributed by atoms with van der Waals surface area (Å²) in [5.74, 6) is -1.04. The molecular formula is C42H43NO11. The molecule has 12 heteroatoms. The lowest BCUT2D eigenvalue weighted by atomic mass is 9.93. The number of nitrogens with zero attached hydrogens (tertiary/aromatic N) is 1. The molecule has 2 amide bonds. The Morgan fingerprint density at radius 2 is 1.24 bits per heavy atom. The number of fused-ring (bicyclic) bond motifs is 2. The van der Waals surface area contributed by atoms with Crippen molar-refractivity contribution in [1.29, 1.82) is 0 Å². The van der Waals surface area contributed by atoms with Crippen LogP contribution in [0.5, 0.6) is 0 Å². The van der Waals surface area contributed by atoms with Gasteiger partial charge in [-0.05, 0) is 30.2 Å². The minimum absolute atomic E-state index is 0.104. The molecule has 4 aromatic rings. The summed E-state index contributed by atoms with van der Waals surface area (Å²) in [5, 5.41) is 12.0. The smallest absolute Gasteiger partial charge is 0.262 e. The molecule has 0 bridgehead atoms. The van der Waals surface area contributed by atoms with E-state index in [2.05, 4.69) is 0 Å². The predicted octanol–water partition coefficient (Wildman–Crippen LogP) is 4.80. The van der Waals surface area contributed by atoms with Crippen molar-refractivity contribution >= 4 is 11.8 Å². The van der Waals surface area contributed by atoms with Gasteiger partial charge in [-0.3, -0.25) is 14.5 Å². The van der Waals surface area contributed by atoms with Gasteiger partial charge in [0.15, 0.2) is 18.9 Å². The molecule has 0 aliphatic carbocycles. The largest absolute Gasteiger partial charge is 0.387 e. The van der Waals surface area contributed by atoms with Crippen LogP contribution in [0.2, 0.25) is 0 Å². The minimum atomic E-state index is -1.21. The zero-order valence-electron chi connectivity index (χ0n) is 29.9. The molecule has 282 valence electrons. The lowest BCUT2D eigenvalue weighted by Gasteiger charge is -2.52. The number of hydrogen-bond donors (Lipinski definition) is 1.